The lowest BCUT2D eigenvalue weighted by molar-refractivity contribution is 0.00578. The van der Waals surface area contributed by atoms with Gasteiger partial charge in [0.05, 0.1) is 18.3 Å². The number of rotatable bonds is 6. The molecule has 164 valence electrons. The van der Waals surface area contributed by atoms with E-state index in [4.69, 9.17) is 18.8 Å². The first-order chi connectivity index (χ1) is 13.8. The van der Waals surface area contributed by atoms with Gasteiger partial charge < -0.3 is 24.1 Å². The zero-order valence-corrected chi connectivity index (χ0v) is 19.1. The van der Waals surface area contributed by atoms with Crippen molar-refractivity contribution < 1.29 is 28.4 Å². The van der Waals surface area contributed by atoms with Gasteiger partial charge in [-0.3, -0.25) is 4.79 Å². The largest absolute Gasteiger partial charge is 0.496 e. The van der Waals surface area contributed by atoms with Crippen LogP contribution in [0.15, 0.2) is 23.7 Å². The molecule has 0 aliphatic carbocycles. The third kappa shape index (κ3) is 5.86. The second kappa shape index (κ2) is 8.82. The standard InChI is InChI=1S/C22H32BNO6/c1-20(2,3)28-19(26)24-13-17(23-29-21(4,5)22(6,7)30-23)12-16-11-15(14-25)9-10-18(16)27-8/h9-12,14H,13H2,1-8H3,(H,24,26). The van der Waals surface area contributed by atoms with Crippen LogP contribution in [0.2, 0.25) is 0 Å². The minimum Gasteiger partial charge on any atom is -0.496 e. The molecule has 1 saturated heterocycles. The zero-order chi connectivity index (χ0) is 22.7. The molecule has 1 aromatic carbocycles. The second-order valence-corrected chi connectivity index (χ2v) is 9.28. The van der Waals surface area contributed by atoms with E-state index in [-0.39, 0.29) is 6.54 Å². The predicted octanol–water partition coefficient (Wildman–Crippen LogP) is 4.05. The van der Waals surface area contributed by atoms with Crippen LogP contribution in [0.5, 0.6) is 5.75 Å². The van der Waals surface area contributed by atoms with Crippen molar-refractivity contribution >= 4 is 25.6 Å². The number of ether oxygens (including phenoxy) is 2. The van der Waals surface area contributed by atoms with Crippen LogP contribution in [0.4, 0.5) is 4.79 Å². The highest BCUT2D eigenvalue weighted by atomic mass is 16.7. The first-order valence-electron chi connectivity index (χ1n) is 9.94. The Hall–Kier alpha value is -2.32. The number of aldehydes is 1. The summed E-state index contributed by atoms with van der Waals surface area (Å²) in [5, 5.41) is 2.76. The van der Waals surface area contributed by atoms with Crippen molar-refractivity contribution in [1.82, 2.24) is 5.32 Å². The second-order valence-electron chi connectivity index (χ2n) is 9.28. The minimum absolute atomic E-state index is 0.139. The van der Waals surface area contributed by atoms with Gasteiger partial charge in [0.1, 0.15) is 17.6 Å². The van der Waals surface area contributed by atoms with Crippen LogP contribution < -0.4 is 10.1 Å². The van der Waals surface area contributed by atoms with Crippen molar-refractivity contribution in [1.29, 1.82) is 0 Å². The Balaban J connectivity index is 2.38. The minimum atomic E-state index is -0.686. The van der Waals surface area contributed by atoms with Crippen molar-refractivity contribution in [2.75, 3.05) is 13.7 Å². The highest BCUT2D eigenvalue weighted by Gasteiger charge is 2.52. The molecule has 1 amide bonds. The first-order valence-corrected chi connectivity index (χ1v) is 9.94. The number of carbonyl (C=O) groups excluding carboxylic acids is 2. The van der Waals surface area contributed by atoms with Gasteiger partial charge >= 0.3 is 13.2 Å². The summed E-state index contributed by atoms with van der Waals surface area (Å²) in [5.41, 5.74) is 0.156. The number of methoxy groups -OCH3 is 1. The van der Waals surface area contributed by atoms with E-state index in [1.54, 1.807) is 46.1 Å². The van der Waals surface area contributed by atoms with Crippen LogP contribution in [0.1, 0.15) is 64.4 Å². The molecule has 0 unspecified atom stereocenters. The lowest BCUT2D eigenvalue weighted by atomic mass is 9.77. The smallest absolute Gasteiger partial charge is 0.492 e. The van der Waals surface area contributed by atoms with Crippen molar-refractivity contribution in [3.05, 3.63) is 34.8 Å². The lowest BCUT2D eigenvalue weighted by Crippen LogP contribution is -2.41. The van der Waals surface area contributed by atoms with Crippen molar-refractivity contribution in [3.8, 4) is 5.75 Å². The molecule has 30 heavy (non-hydrogen) atoms. The summed E-state index contributed by atoms with van der Waals surface area (Å²) in [6.45, 7) is 13.4. The number of hydrogen-bond donors (Lipinski definition) is 1. The average Bonchev–Trinajstić information content (AvgIpc) is 2.84. The number of hydrogen-bond acceptors (Lipinski definition) is 6. The Kier molecular flexibility index (Phi) is 7.04. The molecule has 7 nitrogen and oxygen atoms in total. The Morgan fingerprint density at radius 1 is 1.17 bits per heavy atom. The molecule has 0 saturated carbocycles. The molecule has 0 bridgehead atoms. The number of alkyl carbamates (subject to hydrolysis) is 1. The highest BCUT2D eigenvalue weighted by molar-refractivity contribution is 6.56. The highest BCUT2D eigenvalue weighted by Crippen LogP contribution is 2.39. The molecule has 1 aliphatic heterocycles. The zero-order valence-electron chi connectivity index (χ0n) is 19.1. The Labute approximate surface area is 179 Å². The number of carbonyl (C=O) groups is 2. The summed E-state index contributed by atoms with van der Waals surface area (Å²) in [7, 11) is 0.871. The lowest BCUT2D eigenvalue weighted by Gasteiger charge is -2.32. The van der Waals surface area contributed by atoms with Gasteiger partial charge in [0, 0.05) is 17.7 Å². The van der Waals surface area contributed by atoms with Gasteiger partial charge in [0.25, 0.3) is 0 Å². The number of benzene rings is 1. The van der Waals surface area contributed by atoms with Crippen LogP contribution in [0.25, 0.3) is 6.08 Å². The summed E-state index contributed by atoms with van der Waals surface area (Å²) in [6.07, 6.45) is 2.04. The van der Waals surface area contributed by atoms with Crippen LogP contribution in [-0.2, 0) is 14.0 Å². The summed E-state index contributed by atoms with van der Waals surface area (Å²) in [5.74, 6) is 0.590. The van der Waals surface area contributed by atoms with Gasteiger partial charge in [0.2, 0.25) is 0 Å². The fraction of sp³-hybridized carbons (Fsp3) is 0.545. The van der Waals surface area contributed by atoms with E-state index in [0.29, 0.717) is 22.3 Å². The van der Waals surface area contributed by atoms with Crippen molar-refractivity contribution in [3.63, 3.8) is 0 Å². The van der Waals surface area contributed by atoms with Crippen molar-refractivity contribution in [2.24, 2.45) is 0 Å². The van der Waals surface area contributed by atoms with E-state index in [1.807, 2.05) is 33.8 Å². The Morgan fingerprint density at radius 2 is 1.77 bits per heavy atom. The molecule has 0 spiro atoms. The molecular formula is C22H32BNO6. The van der Waals surface area contributed by atoms with Gasteiger partial charge in [-0.2, -0.15) is 0 Å². The molecule has 1 N–H and O–H groups in total. The van der Waals surface area contributed by atoms with Crippen LogP contribution in [0, 0.1) is 0 Å². The molecule has 0 atom stereocenters. The van der Waals surface area contributed by atoms with Gasteiger partial charge in [-0.25, -0.2) is 4.79 Å². The molecule has 1 fully saturated rings. The van der Waals surface area contributed by atoms with E-state index in [0.717, 1.165) is 6.29 Å². The molecular weight excluding hydrogens is 385 g/mol. The predicted molar refractivity (Wildman–Crippen MR) is 117 cm³/mol. The monoisotopic (exact) mass is 417 g/mol. The molecule has 1 aliphatic rings. The van der Waals surface area contributed by atoms with E-state index in [2.05, 4.69) is 5.32 Å². The molecule has 2 rings (SSSR count). The molecule has 1 aromatic rings. The Bertz CT molecular complexity index is 809. The summed E-state index contributed by atoms with van der Waals surface area (Å²) >= 11 is 0. The molecule has 1 heterocycles. The molecule has 0 radical (unpaired) electrons. The number of nitrogens with one attached hydrogen (secondary N) is 1. The summed E-state index contributed by atoms with van der Waals surface area (Å²) in [4.78, 5) is 23.4. The van der Waals surface area contributed by atoms with Crippen LogP contribution >= 0.6 is 0 Å². The first kappa shape index (κ1) is 24.0. The van der Waals surface area contributed by atoms with Crippen molar-refractivity contribution in [2.45, 2.75) is 65.3 Å². The number of amides is 1. The van der Waals surface area contributed by atoms with E-state index in [9.17, 15) is 9.59 Å². The molecule has 0 aromatic heterocycles. The SMILES string of the molecule is COc1ccc(C=O)cc1C=C(CNC(=O)OC(C)(C)C)B1OC(C)(C)C(C)(C)O1. The summed E-state index contributed by atoms with van der Waals surface area (Å²) in [6, 6.07) is 5.11. The Morgan fingerprint density at radius 3 is 2.27 bits per heavy atom. The normalized spacial score (nSPS) is 18.1. The van der Waals surface area contributed by atoms with E-state index >= 15 is 0 Å². The van der Waals surface area contributed by atoms with Gasteiger partial charge in [-0.1, -0.05) is 6.08 Å². The van der Waals surface area contributed by atoms with E-state index in [1.165, 1.54) is 0 Å². The van der Waals surface area contributed by atoms with Crippen LogP contribution in [-0.4, -0.2) is 50.0 Å². The maximum atomic E-state index is 12.2. The summed E-state index contributed by atoms with van der Waals surface area (Å²) < 4.78 is 23.1. The third-order valence-corrected chi connectivity index (χ3v) is 5.12. The quantitative estimate of drug-likeness (QED) is 0.556. The maximum absolute atomic E-state index is 12.2. The van der Waals surface area contributed by atoms with Gasteiger partial charge in [-0.15, -0.1) is 0 Å². The van der Waals surface area contributed by atoms with Gasteiger partial charge in [0.15, 0.2) is 0 Å². The average molecular weight is 417 g/mol. The van der Waals surface area contributed by atoms with E-state index < -0.39 is 30.0 Å². The third-order valence-electron chi connectivity index (χ3n) is 5.12. The van der Waals surface area contributed by atoms with Gasteiger partial charge in [-0.05, 0) is 72.1 Å². The molecule has 8 heteroatoms. The fourth-order valence-electron chi connectivity index (χ4n) is 2.82. The fourth-order valence-corrected chi connectivity index (χ4v) is 2.82. The topological polar surface area (TPSA) is 83.1 Å². The maximum Gasteiger partial charge on any atom is 0.492 e. The van der Waals surface area contributed by atoms with Crippen LogP contribution in [0.3, 0.4) is 0 Å².